The lowest BCUT2D eigenvalue weighted by Gasteiger charge is -2.36. The first-order valence-corrected chi connectivity index (χ1v) is 10.1. The number of benzene rings is 2. The minimum absolute atomic E-state index is 0.233. The van der Waals surface area contributed by atoms with Crippen LogP contribution in [-0.2, 0) is 18.4 Å². The molecule has 6 nitrogen and oxygen atoms in total. The van der Waals surface area contributed by atoms with E-state index in [9.17, 15) is 4.39 Å². The topological polar surface area (TPSA) is 61.2 Å². The van der Waals surface area contributed by atoms with Crippen molar-refractivity contribution in [2.75, 3.05) is 18.0 Å². The molecule has 144 valence electrons. The average Bonchev–Trinajstić information content (AvgIpc) is 3.32. The number of thioether (sulfide) groups is 1. The van der Waals surface area contributed by atoms with Gasteiger partial charge in [-0.05, 0) is 48.7 Å². The standard InChI is InChI=1S/C20H19FN4O2S/c1-20(14-3-2-4-15(21)10-14)11-28-19-23-22-18(25(19)24-20)8-6-13-5-7-16-17(9-13)27-12-26-16/h2-5,7,9-10,24H,6,8,11-12H2,1H3. The van der Waals surface area contributed by atoms with Crippen LogP contribution in [0.15, 0.2) is 47.6 Å². The highest BCUT2D eigenvalue weighted by Crippen LogP contribution is 2.35. The van der Waals surface area contributed by atoms with Crippen LogP contribution in [-0.4, -0.2) is 27.4 Å². The van der Waals surface area contributed by atoms with Gasteiger partial charge in [0.15, 0.2) is 17.3 Å². The Kier molecular flexibility index (Phi) is 4.16. The van der Waals surface area contributed by atoms with Crippen LogP contribution in [0.2, 0.25) is 0 Å². The molecule has 0 saturated heterocycles. The molecule has 2 aliphatic heterocycles. The van der Waals surface area contributed by atoms with Gasteiger partial charge in [-0.15, -0.1) is 10.2 Å². The van der Waals surface area contributed by atoms with Crippen LogP contribution in [0.4, 0.5) is 4.39 Å². The Morgan fingerprint density at radius 1 is 1.14 bits per heavy atom. The van der Waals surface area contributed by atoms with Crippen molar-refractivity contribution in [2.24, 2.45) is 0 Å². The molecule has 1 unspecified atom stereocenters. The second-order valence-corrected chi connectivity index (χ2v) is 8.11. The van der Waals surface area contributed by atoms with Gasteiger partial charge in [0.2, 0.25) is 11.9 Å². The second-order valence-electron chi connectivity index (χ2n) is 7.16. The first kappa shape index (κ1) is 17.4. The zero-order valence-corrected chi connectivity index (χ0v) is 16.1. The highest BCUT2D eigenvalue weighted by Gasteiger charge is 2.34. The SMILES string of the molecule is CC1(c2cccc(F)c2)CSc2nnc(CCc3ccc4c(c3)OCO4)n2N1. The molecule has 28 heavy (non-hydrogen) atoms. The van der Waals surface area contributed by atoms with Gasteiger partial charge in [-0.3, -0.25) is 0 Å². The van der Waals surface area contributed by atoms with Crippen LogP contribution in [0.5, 0.6) is 11.5 Å². The van der Waals surface area contributed by atoms with Gasteiger partial charge in [-0.1, -0.05) is 30.0 Å². The molecule has 0 bridgehead atoms. The van der Waals surface area contributed by atoms with Crippen molar-refractivity contribution < 1.29 is 13.9 Å². The summed E-state index contributed by atoms with van der Waals surface area (Å²) in [6, 6.07) is 12.7. The molecule has 2 aliphatic rings. The molecule has 8 heteroatoms. The van der Waals surface area contributed by atoms with Crippen molar-refractivity contribution >= 4 is 11.8 Å². The van der Waals surface area contributed by atoms with Crippen molar-refractivity contribution in [1.82, 2.24) is 14.9 Å². The molecule has 1 N–H and O–H groups in total. The van der Waals surface area contributed by atoms with Crippen molar-refractivity contribution in [1.29, 1.82) is 0 Å². The van der Waals surface area contributed by atoms with Crippen molar-refractivity contribution in [2.45, 2.75) is 30.5 Å². The number of hydrogen-bond donors (Lipinski definition) is 1. The maximum absolute atomic E-state index is 13.7. The van der Waals surface area contributed by atoms with Gasteiger partial charge >= 0.3 is 0 Å². The lowest BCUT2D eigenvalue weighted by atomic mass is 9.95. The van der Waals surface area contributed by atoms with Crippen LogP contribution < -0.4 is 14.9 Å². The summed E-state index contributed by atoms with van der Waals surface area (Å²) in [7, 11) is 0. The van der Waals surface area contributed by atoms with E-state index >= 15 is 0 Å². The summed E-state index contributed by atoms with van der Waals surface area (Å²) in [6.45, 7) is 2.34. The Morgan fingerprint density at radius 2 is 2.04 bits per heavy atom. The zero-order chi connectivity index (χ0) is 19.1. The lowest BCUT2D eigenvalue weighted by molar-refractivity contribution is 0.174. The van der Waals surface area contributed by atoms with Crippen LogP contribution in [0, 0.1) is 5.82 Å². The summed E-state index contributed by atoms with van der Waals surface area (Å²) < 4.78 is 26.5. The summed E-state index contributed by atoms with van der Waals surface area (Å²) in [5, 5.41) is 9.49. The molecular formula is C20H19FN4O2S. The summed E-state index contributed by atoms with van der Waals surface area (Å²) in [4.78, 5) is 0. The first-order valence-electron chi connectivity index (χ1n) is 9.11. The number of ether oxygens (including phenoxy) is 2. The summed E-state index contributed by atoms with van der Waals surface area (Å²) in [5.74, 6) is 2.93. The Balaban J connectivity index is 1.36. The minimum atomic E-state index is -0.407. The van der Waals surface area contributed by atoms with Gasteiger partial charge in [0.1, 0.15) is 5.82 Å². The molecule has 1 aromatic heterocycles. The fraction of sp³-hybridized carbons (Fsp3) is 0.300. The van der Waals surface area contributed by atoms with E-state index in [-0.39, 0.29) is 12.6 Å². The van der Waals surface area contributed by atoms with E-state index in [1.54, 1.807) is 23.9 Å². The van der Waals surface area contributed by atoms with Crippen molar-refractivity contribution in [3.8, 4) is 11.5 Å². The minimum Gasteiger partial charge on any atom is -0.454 e. The third kappa shape index (κ3) is 3.07. The Labute approximate surface area is 166 Å². The molecule has 3 aromatic rings. The van der Waals surface area contributed by atoms with Crippen LogP contribution in [0.3, 0.4) is 0 Å². The molecule has 3 heterocycles. The summed E-state index contributed by atoms with van der Waals surface area (Å²) >= 11 is 1.62. The molecule has 0 aliphatic carbocycles. The lowest BCUT2D eigenvalue weighted by Crippen LogP contribution is -2.44. The highest BCUT2D eigenvalue weighted by atomic mass is 32.2. The van der Waals surface area contributed by atoms with E-state index in [1.807, 2.05) is 28.9 Å². The smallest absolute Gasteiger partial charge is 0.231 e. The van der Waals surface area contributed by atoms with Crippen molar-refractivity contribution in [3.05, 3.63) is 65.2 Å². The van der Waals surface area contributed by atoms with Gasteiger partial charge < -0.3 is 14.9 Å². The quantitative estimate of drug-likeness (QED) is 0.726. The van der Waals surface area contributed by atoms with E-state index in [0.717, 1.165) is 52.2 Å². The van der Waals surface area contributed by atoms with Gasteiger partial charge in [0.05, 0.1) is 5.54 Å². The average molecular weight is 398 g/mol. The molecule has 0 saturated carbocycles. The van der Waals surface area contributed by atoms with E-state index in [4.69, 9.17) is 9.47 Å². The Bertz CT molecular complexity index is 1040. The van der Waals surface area contributed by atoms with E-state index in [1.165, 1.54) is 6.07 Å². The molecule has 0 fully saturated rings. The third-order valence-electron chi connectivity index (χ3n) is 5.08. The fourth-order valence-electron chi connectivity index (χ4n) is 3.49. The Hall–Kier alpha value is -2.74. The molecule has 0 radical (unpaired) electrons. The van der Waals surface area contributed by atoms with Crippen LogP contribution in [0.1, 0.15) is 23.9 Å². The predicted octanol–water partition coefficient (Wildman–Crippen LogP) is 3.50. The molecule has 5 rings (SSSR count). The second kappa shape index (κ2) is 6.70. The Morgan fingerprint density at radius 3 is 2.93 bits per heavy atom. The zero-order valence-electron chi connectivity index (χ0n) is 15.3. The van der Waals surface area contributed by atoms with Gasteiger partial charge in [0.25, 0.3) is 0 Å². The number of hydrogen-bond acceptors (Lipinski definition) is 6. The number of aromatic nitrogens is 3. The number of nitrogens with one attached hydrogen (secondary N) is 1. The number of nitrogens with zero attached hydrogens (tertiary/aromatic N) is 3. The maximum atomic E-state index is 13.7. The highest BCUT2D eigenvalue weighted by molar-refractivity contribution is 7.99. The van der Waals surface area contributed by atoms with E-state index in [0.29, 0.717) is 0 Å². The summed E-state index contributed by atoms with van der Waals surface area (Å²) in [6.07, 6.45) is 1.53. The maximum Gasteiger partial charge on any atom is 0.231 e. The molecule has 1 atom stereocenters. The van der Waals surface area contributed by atoms with E-state index in [2.05, 4.69) is 22.5 Å². The molecule has 2 aromatic carbocycles. The normalized spacial score (nSPS) is 19.9. The van der Waals surface area contributed by atoms with Gasteiger partial charge in [-0.25, -0.2) is 9.07 Å². The van der Waals surface area contributed by atoms with E-state index < -0.39 is 5.54 Å². The monoisotopic (exact) mass is 398 g/mol. The largest absolute Gasteiger partial charge is 0.454 e. The number of fused-ring (bicyclic) bond motifs is 2. The molecular weight excluding hydrogens is 379 g/mol. The number of aryl methyl sites for hydroxylation is 2. The fourth-order valence-corrected chi connectivity index (χ4v) is 4.52. The van der Waals surface area contributed by atoms with Gasteiger partial charge in [0, 0.05) is 12.2 Å². The van der Waals surface area contributed by atoms with Crippen LogP contribution in [0.25, 0.3) is 0 Å². The third-order valence-corrected chi connectivity index (χ3v) is 6.33. The molecule has 0 spiro atoms. The predicted molar refractivity (Wildman–Crippen MR) is 104 cm³/mol. The number of rotatable bonds is 4. The number of halogens is 1. The van der Waals surface area contributed by atoms with Gasteiger partial charge in [-0.2, -0.15) is 0 Å². The van der Waals surface area contributed by atoms with Crippen LogP contribution >= 0.6 is 11.8 Å². The molecule has 0 amide bonds. The summed E-state index contributed by atoms with van der Waals surface area (Å²) in [5.41, 5.74) is 5.15. The first-order chi connectivity index (χ1) is 13.6. The van der Waals surface area contributed by atoms with Crippen molar-refractivity contribution in [3.63, 3.8) is 0 Å².